The molecule has 12 heteroatoms. The van der Waals surface area contributed by atoms with E-state index >= 15 is 0 Å². The molecule has 0 radical (unpaired) electrons. The molecule has 0 saturated carbocycles. The normalized spacial score (nSPS) is 17.1. The topological polar surface area (TPSA) is 83.6 Å². The molecule has 0 aromatic heterocycles. The average molecular weight is 497 g/mol. The van der Waals surface area contributed by atoms with Gasteiger partial charge >= 0.3 is 6.18 Å². The molecule has 31 heavy (non-hydrogen) atoms. The highest BCUT2D eigenvalue weighted by molar-refractivity contribution is 7.89. The van der Waals surface area contributed by atoms with Crippen LogP contribution in [0.1, 0.15) is 24.0 Å². The lowest BCUT2D eigenvalue weighted by molar-refractivity contribution is -0.137. The molecule has 1 fully saturated rings. The maximum atomic E-state index is 13.0. The van der Waals surface area contributed by atoms with E-state index in [4.69, 9.17) is 11.6 Å². The Labute approximate surface area is 184 Å². The number of benzene rings is 2. The van der Waals surface area contributed by atoms with Crippen molar-refractivity contribution in [1.29, 1.82) is 0 Å². The molecule has 1 saturated heterocycles. The van der Waals surface area contributed by atoms with E-state index in [0.29, 0.717) is 6.07 Å². The first-order valence-electron chi connectivity index (χ1n) is 9.26. The number of hydrogen-bond acceptors (Lipinski definition) is 4. The molecule has 0 amide bonds. The van der Waals surface area contributed by atoms with Crippen molar-refractivity contribution in [2.24, 2.45) is 0 Å². The Morgan fingerprint density at radius 1 is 0.968 bits per heavy atom. The Bertz CT molecular complexity index is 1160. The molecule has 0 aliphatic carbocycles. The minimum atomic E-state index is -4.79. The molecule has 0 bridgehead atoms. The molecule has 170 valence electrons. The van der Waals surface area contributed by atoms with Crippen LogP contribution in [0.3, 0.4) is 0 Å². The monoisotopic (exact) mass is 496 g/mol. The molecule has 0 unspecified atom stereocenters. The largest absolute Gasteiger partial charge is 0.417 e. The second kappa shape index (κ2) is 8.70. The van der Waals surface area contributed by atoms with Gasteiger partial charge in [-0.05, 0) is 50.1 Å². The lowest BCUT2D eigenvalue weighted by Crippen LogP contribution is -2.46. The molecule has 2 aromatic rings. The van der Waals surface area contributed by atoms with Gasteiger partial charge < -0.3 is 0 Å². The molecular formula is C19H20ClF3N2O4S2. The molecule has 2 aromatic carbocycles. The Balaban J connectivity index is 1.70. The first kappa shape index (κ1) is 24.0. The van der Waals surface area contributed by atoms with E-state index in [0.717, 1.165) is 17.7 Å². The number of nitrogens with zero attached hydrogens (tertiary/aromatic N) is 1. The van der Waals surface area contributed by atoms with Crippen LogP contribution in [0.15, 0.2) is 52.3 Å². The van der Waals surface area contributed by atoms with Crippen molar-refractivity contribution in [3.05, 3.63) is 58.6 Å². The third-order valence-electron chi connectivity index (χ3n) is 4.99. The fourth-order valence-corrected chi connectivity index (χ4v) is 6.27. The van der Waals surface area contributed by atoms with Crippen LogP contribution in [0, 0.1) is 6.92 Å². The summed E-state index contributed by atoms with van der Waals surface area (Å²) in [6, 6.07) is 8.16. The van der Waals surface area contributed by atoms with E-state index in [2.05, 4.69) is 4.72 Å². The van der Waals surface area contributed by atoms with Crippen molar-refractivity contribution in [3.8, 4) is 0 Å². The minimum Gasteiger partial charge on any atom is -0.208 e. The van der Waals surface area contributed by atoms with Crippen LogP contribution in [0.25, 0.3) is 0 Å². The number of hydrogen-bond donors (Lipinski definition) is 1. The highest BCUT2D eigenvalue weighted by Gasteiger charge is 2.35. The van der Waals surface area contributed by atoms with Crippen molar-refractivity contribution in [1.82, 2.24) is 9.03 Å². The third-order valence-corrected chi connectivity index (χ3v) is 8.75. The van der Waals surface area contributed by atoms with E-state index in [9.17, 15) is 30.0 Å². The van der Waals surface area contributed by atoms with Gasteiger partial charge in [0.25, 0.3) is 0 Å². The summed E-state index contributed by atoms with van der Waals surface area (Å²) in [5.41, 5.74) is -0.320. The molecule has 1 aliphatic rings. The van der Waals surface area contributed by atoms with Crippen LogP contribution in [0.4, 0.5) is 13.2 Å². The number of rotatable bonds is 5. The average Bonchev–Trinajstić information content (AvgIpc) is 2.67. The molecule has 0 spiro atoms. The first-order valence-corrected chi connectivity index (χ1v) is 12.6. The molecule has 1 N–H and O–H groups in total. The van der Waals surface area contributed by atoms with Crippen molar-refractivity contribution in [2.75, 3.05) is 13.1 Å². The van der Waals surface area contributed by atoms with Gasteiger partial charge in [0.15, 0.2) is 0 Å². The quantitative estimate of drug-likeness (QED) is 0.682. The summed E-state index contributed by atoms with van der Waals surface area (Å²) in [7, 11) is -7.95. The SMILES string of the molecule is Cc1ccc(S(=O)(=O)N2CCC(NS(=O)(=O)c3ccc(Cl)c(C(F)(F)F)c3)CC2)cc1. The molecule has 1 heterocycles. The zero-order valence-corrected chi connectivity index (χ0v) is 18.7. The third kappa shape index (κ3) is 5.40. The maximum absolute atomic E-state index is 13.0. The van der Waals surface area contributed by atoms with Gasteiger partial charge in [-0.15, -0.1) is 0 Å². The molecular weight excluding hydrogens is 477 g/mol. The predicted octanol–water partition coefficient (Wildman–Crippen LogP) is 3.80. The van der Waals surface area contributed by atoms with Gasteiger partial charge in [0.1, 0.15) is 0 Å². The minimum absolute atomic E-state index is 0.0812. The Hall–Kier alpha value is -1.66. The molecule has 1 aliphatic heterocycles. The van der Waals surface area contributed by atoms with Gasteiger partial charge in [-0.1, -0.05) is 29.3 Å². The summed E-state index contributed by atoms with van der Waals surface area (Å²) in [5, 5.41) is -0.596. The van der Waals surface area contributed by atoms with Crippen LogP contribution in [-0.4, -0.2) is 40.3 Å². The lowest BCUT2D eigenvalue weighted by atomic mass is 10.1. The Morgan fingerprint density at radius 3 is 2.06 bits per heavy atom. The number of halogens is 4. The smallest absolute Gasteiger partial charge is 0.208 e. The fraction of sp³-hybridized carbons (Fsp3) is 0.368. The Kier molecular flexibility index (Phi) is 6.73. The van der Waals surface area contributed by atoms with Crippen molar-refractivity contribution >= 4 is 31.6 Å². The number of nitrogens with one attached hydrogen (secondary N) is 1. The van der Waals surface area contributed by atoms with Gasteiger partial charge in [0.05, 0.1) is 20.4 Å². The van der Waals surface area contributed by atoms with Crippen molar-refractivity contribution in [3.63, 3.8) is 0 Å². The number of piperidine rings is 1. The highest BCUT2D eigenvalue weighted by atomic mass is 35.5. The highest BCUT2D eigenvalue weighted by Crippen LogP contribution is 2.36. The van der Waals surface area contributed by atoms with Gasteiger partial charge in [-0.25, -0.2) is 21.6 Å². The van der Waals surface area contributed by atoms with Gasteiger partial charge in [-0.2, -0.15) is 17.5 Å². The summed E-state index contributed by atoms with van der Waals surface area (Å²) in [4.78, 5) is -0.406. The summed E-state index contributed by atoms with van der Waals surface area (Å²) >= 11 is 5.54. The molecule has 6 nitrogen and oxygen atoms in total. The zero-order valence-electron chi connectivity index (χ0n) is 16.4. The van der Waals surface area contributed by atoms with Gasteiger partial charge in [0.2, 0.25) is 20.0 Å². The van der Waals surface area contributed by atoms with Crippen LogP contribution in [-0.2, 0) is 26.2 Å². The fourth-order valence-electron chi connectivity index (χ4n) is 3.25. The van der Waals surface area contributed by atoms with E-state index in [1.165, 1.54) is 16.4 Å². The second-order valence-corrected chi connectivity index (χ2v) is 11.3. The second-order valence-electron chi connectivity index (χ2n) is 7.25. The zero-order chi connectivity index (χ0) is 23.0. The first-order chi connectivity index (χ1) is 14.3. The summed E-state index contributed by atoms with van der Waals surface area (Å²) in [6.07, 6.45) is -4.42. The summed E-state index contributed by atoms with van der Waals surface area (Å²) in [6.45, 7) is 2.00. The molecule has 3 rings (SSSR count). The van der Waals surface area contributed by atoms with Gasteiger partial charge in [-0.3, -0.25) is 0 Å². The summed E-state index contributed by atoms with van der Waals surface area (Å²) < 4.78 is 93.4. The van der Waals surface area contributed by atoms with E-state index < -0.39 is 47.7 Å². The maximum Gasteiger partial charge on any atom is 0.417 e. The Morgan fingerprint density at radius 2 is 1.52 bits per heavy atom. The lowest BCUT2D eigenvalue weighted by Gasteiger charge is -2.31. The number of aryl methyl sites for hydroxylation is 1. The standard InChI is InChI=1S/C19H20ClF3N2O4S2/c1-13-2-4-15(5-3-13)31(28,29)25-10-8-14(9-11-25)24-30(26,27)16-6-7-18(20)17(12-16)19(21,22)23/h2-7,12,14,24H,8-11H2,1H3. The van der Waals surface area contributed by atoms with Crippen molar-refractivity contribution in [2.45, 2.75) is 41.8 Å². The van der Waals surface area contributed by atoms with Crippen LogP contribution in [0.2, 0.25) is 5.02 Å². The predicted molar refractivity (Wildman–Crippen MR) is 110 cm³/mol. The number of sulfonamides is 2. The van der Waals surface area contributed by atoms with Crippen LogP contribution < -0.4 is 4.72 Å². The number of alkyl halides is 3. The van der Waals surface area contributed by atoms with Gasteiger partial charge in [0, 0.05) is 19.1 Å². The van der Waals surface area contributed by atoms with E-state index in [1.807, 2.05) is 6.92 Å². The molecule has 0 atom stereocenters. The van der Waals surface area contributed by atoms with Crippen LogP contribution >= 0.6 is 11.6 Å². The van der Waals surface area contributed by atoms with E-state index in [1.54, 1.807) is 12.1 Å². The van der Waals surface area contributed by atoms with Crippen LogP contribution in [0.5, 0.6) is 0 Å². The van der Waals surface area contributed by atoms with E-state index in [-0.39, 0.29) is 30.8 Å². The van der Waals surface area contributed by atoms with Crippen molar-refractivity contribution < 1.29 is 30.0 Å². The summed E-state index contributed by atoms with van der Waals surface area (Å²) in [5.74, 6) is 0.